The summed E-state index contributed by atoms with van der Waals surface area (Å²) in [7, 11) is 0. The molecule has 2 aromatic rings. The number of carbonyl (C=O) groups excluding carboxylic acids is 1. The van der Waals surface area contributed by atoms with E-state index >= 15 is 0 Å². The zero-order valence-corrected chi connectivity index (χ0v) is 10.2. The zero-order chi connectivity index (χ0) is 11.6. The first-order valence-corrected chi connectivity index (χ1v) is 6.39. The first-order valence-electron chi connectivity index (χ1n) is 4.63. The molecule has 0 aromatic carbocycles. The van der Waals surface area contributed by atoms with Crippen molar-refractivity contribution in [3.05, 3.63) is 39.9 Å². The quantitative estimate of drug-likeness (QED) is 0.856. The highest BCUT2D eigenvalue weighted by molar-refractivity contribution is 7.12. The Morgan fingerprint density at radius 3 is 2.56 bits per heavy atom. The summed E-state index contributed by atoms with van der Waals surface area (Å²) >= 11 is 2.64. The van der Waals surface area contributed by atoms with Gasteiger partial charge < -0.3 is 9.84 Å². The van der Waals surface area contributed by atoms with E-state index in [0.29, 0.717) is 9.94 Å². The van der Waals surface area contributed by atoms with Crippen molar-refractivity contribution in [2.75, 3.05) is 0 Å². The summed E-state index contributed by atoms with van der Waals surface area (Å²) in [6, 6.07) is 6.97. The molecule has 0 radical (unpaired) electrons. The third-order valence-electron chi connectivity index (χ3n) is 2.09. The van der Waals surface area contributed by atoms with E-state index in [2.05, 4.69) is 0 Å². The van der Waals surface area contributed by atoms with Crippen molar-refractivity contribution >= 4 is 28.6 Å². The van der Waals surface area contributed by atoms with Gasteiger partial charge in [0, 0.05) is 4.88 Å². The van der Waals surface area contributed by atoms with Gasteiger partial charge in [-0.3, -0.25) is 0 Å². The van der Waals surface area contributed by atoms with E-state index in [4.69, 9.17) is 4.74 Å². The highest BCUT2D eigenvalue weighted by Crippen LogP contribution is 2.28. The number of carbonyl (C=O) groups is 1. The molecular weight excluding hydrogens is 244 g/mol. The molecule has 0 fully saturated rings. The van der Waals surface area contributed by atoms with E-state index in [1.54, 1.807) is 24.3 Å². The van der Waals surface area contributed by atoms with Crippen LogP contribution in [0.2, 0.25) is 0 Å². The molecule has 3 nitrogen and oxygen atoms in total. The Morgan fingerprint density at radius 2 is 2.00 bits per heavy atom. The Kier molecular flexibility index (Phi) is 3.09. The Balaban J connectivity index is 2.15. The second kappa shape index (κ2) is 4.37. The maximum Gasteiger partial charge on any atom is 0.349 e. The Hall–Kier alpha value is -1.17. The number of ether oxygens (including phenoxy) is 1. The van der Waals surface area contributed by atoms with Crippen LogP contribution in [0.4, 0.5) is 0 Å². The monoisotopic (exact) mass is 254 g/mol. The van der Waals surface area contributed by atoms with Gasteiger partial charge in [-0.2, -0.15) is 0 Å². The van der Waals surface area contributed by atoms with Crippen LogP contribution < -0.4 is 4.74 Å². The Morgan fingerprint density at radius 1 is 1.31 bits per heavy atom. The lowest BCUT2D eigenvalue weighted by Gasteiger charge is -2.18. The van der Waals surface area contributed by atoms with Crippen LogP contribution in [0.5, 0.6) is 5.06 Å². The van der Waals surface area contributed by atoms with E-state index in [1.165, 1.54) is 29.6 Å². The van der Waals surface area contributed by atoms with Crippen LogP contribution in [-0.2, 0) is 10.4 Å². The summed E-state index contributed by atoms with van der Waals surface area (Å²) in [6.07, 6.45) is 0. The molecule has 0 aliphatic carbocycles. The van der Waals surface area contributed by atoms with Gasteiger partial charge in [-0.1, -0.05) is 6.07 Å². The molecule has 2 aromatic heterocycles. The Labute approximate surface area is 101 Å². The molecule has 1 atom stereocenters. The molecule has 1 unspecified atom stereocenters. The summed E-state index contributed by atoms with van der Waals surface area (Å²) < 4.78 is 5.08. The third-order valence-corrected chi connectivity index (χ3v) is 3.91. The number of hydrogen-bond acceptors (Lipinski definition) is 5. The molecule has 1 N–H and O–H groups in total. The summed E-state index contributed by atoms with van der Waals surface area (Å²) in [6.45, 7) is 1.44. The maximum absolute atomic E-state index is 11.8. The molecule has 0 bridgehead atoms. The molecule has 5 heteroatoms. The number of rotatable bonds is 3. The lowest BCUT2D eigenvalue weighted by atomic mass is 10.1. The molecular formula is C11H10O3S2. The highest BCUT2D eigenvalue weighted by Gasteiger charge is 2.35. The van der Waals surface area contributed by atoms with Crippen LogP contribution in [-0.4, -0.2) is 11.1 Å². The van der Waals surface area contributed by atoms with Gasteiger partial charge in [0.05, 0.1) is 0 Å². The highest BCUT2D eigenvalue weighted by atomic mass is 32.1. The van der Waals surface area contributed by atoms with Gasteiger partial charge in [0.2, 0.25) is 0 Å². The minimum absolute atomic E-state index is 0.488. The second-order valence-corrected chi connectivity index (χ2v) is 5.23. The fourth-order valence-corrected chi connectivity index (χ4v) is 2.51. The average Bonchev–Trinajstić information content (AvgIpc) is 2.89. The molecule has 0 aliphatic rings. The number of hydrogen-bond donors (Lipinski definition) is 1. The van der Waals surface area contributed by atoms with Crippen LogP contribution in [0.3, 0.4) is 0 Å². The summed E-state index contributed by atoms with van der Waals surface area (Å²) in [4.78, 5) is 12.3. The first kappa shape index (κ1) is 11.3. The molecule has 84 valence electrons. The summed E-state index contributed by atoms with van der Waals surface area (Å²) in [5.74, 6) is -0.655. The van der Waals surface area contributed by atoms with Crippen LogP contribution in [0, 0.1) is 0 Å². The topological polar surface area (TPSA) is 46.5 Å². The van der Waals surface area contributed by atoms with Crippen LogP contribution in [0.15, 0.2) is 35.0 Å². The van der Waals surface area contributed by atoms with Crippen molar-refractivity contribution in [2.45, 2.75) is 12.5 Å². The molecule has 2 rings (SSSR count). The minimum Gasteiger partial charge on any atom is -0.413 e. The van der Waals surface area contributed by atoms with Gasteiger partial charge in [0.25, 0.3) is 0 Å². The summed E-state index contributed by atoms with van der Waals surface area (Å²) in [5, 5.41) is 14.2. The van der Waals surface area contributed by atoms with Crippen molar-refractivity contribution in [3.63, 3.8) is 0 Å². The average molecular weight is 254 g/mol. The molecule has 0 amide bonds. The molecule has 2 heterocycles. The largest absolute Gasteiger partial charge is 0.413 e. The molecule has 0 spiro atoms. The number of aliphatic hydroxyl groups is 1. The van der Waals surface area contributed by atoms with Gasteiger partial charge in [0.15, 0.2) is 10.7 Å². The standard InChI is InChI=1S/C11H10O3S2/c1-11(13,8-4-2-6-15-8)10(12)14-9-5-3-7-16-9/h2-7,13H,1H3. The predicted molar refractivity (Wildman–Crippen MR) is 63.8 cm³/mol. The predicted octanol–water partition coefficient (Wildman–Crippen LogP) is 2.62. The lowest BCUT2D eigenvalue weighted by molar-refractivity contribution is -0.153. The lowest BCUT2D eigenvalue weighted by Crippen LogP contribution is -2.35. The van der Waals surface area contributed by atoms with Gasteiger partial charge in [-0.15, -0.1) is 22.7 Å². The maximum atomic E-state index is 11.8. The van der Waals surface area contributed by atoms with Crippen molar-refractivity contribution in [3.8, 4) is 5.06 Å². The normalized spacial score (nSPS) is 14.4. The molecule has 16 heavy (non-hydrogen) atoms. The molecule has 0 aliphatic heterocycles. The minimum atomic E-state index is -1.59. The van der Waals surface area contributed by atoms with E-state index in [0.717, 1.165) is 0 Å². The van der Waals surface area contributed by atoms with Gasteiger partial charge in [-0.05, 0) is 35.9 Å². The fourth-order valence-electron chi connectivity index (χ4n) is 1.17. The second-order valence-electron chi connectivity index (χ2n) is 3.37. The zero-order valence-electron chi connectivity index (χ0n) is 8.54. The van der Waals surface area contributed by atoms with Gasteiger partial charge >= 0.3 is 5.97 Å². The van der Waals surface area contributed by atoms with Crippen LogP contribution >= 0.6 is 22.7 Å². The van der Waals surface area contributed by atoms with Crippen LogP contribution in [0.1, 0.15) is 11.8 Å². The van der Waals surface area contributed by atoms with Gasteiger partial charge in [-0.25, -0.2) is 4.79 Å². The van der Waals surface area contributed by atoms with E-state index < -0.39 is 11.6 Å². The van der Waals surface area contributed by atoms with Crippen molar-refractivity contribution in [1.29, 1.82) is 0 Å². The van der Waals surface area contributed by atoms with E-state index in [1.807, 2.05) is 10.8 Å². The van der Waals surface area contributed by atoms with E-state index in [-0.39, 0.29) is 0 Å². The number of thiophene rings is 2. The fraction of sp³-hybridized carbons (Fsp3) is 0.182. The Bertz CT molecular complexity index is 457. The van der Waals surface area contributed by atoms with Crippen molar-refractivity contribution in [1.82, 2.24) is 0 Å². The summed E-state index contributed by atoms with van der Waals surface area (Å²) in [5.41, 5.74) is -1.59. The smallest absolute Gasteiger partial charge is 0.349 e. The van der Waals surface area contributed by atoms with E-state index in [9.17, 15) is 9.90 Å². The molecule has 0 saturated carbocycles. The van der Waals surface area contributed by atoms with Crippen molar-refractivity contribution in [2.24, 2.45) is 0 Å². The third kappa shape index (κ3) is 2.16. The first-order chi connectivity index (χ1) is 7.60. The van der Waals surface area contributed by atoms with Crippen molar-refractivity contribution < 1.29 is 14.6 Å². The SMILES string of the molecule is CC(O)(C(=O)Oc1cccs1)c1cccs1. The van der Waals surface area contributed by atoms with Gasteiger partial charge in [0.1, 0.15) is 0 Å². The molecule has 0 saturated heterocycles. The number of esters is 1. The van der Waals surface area contributed by atoms with Crippen LogP contribution in [0.25, 0.3) is 0 Å².